The van der Waals surface area contributed by atoms with Gasteiger partial charge in [0.15, 0.2) is 0 Å². The van der Waals surface area contributed by atoms with E-state index in [0.29, 0.717) is 37.4 Å². The van der Waals surface area contributed by atoms with Crippen LogP contribution in [-0.4, -0.2) is 53.9 Å². The van der Waals surface area contributed by atoms with Crippen LogP contribution >= 0.6 is 15.9 Å². The quantitative estimate of drug-likeness (QED) is 0.168. The zero-order valence-electron chi connectivity index (χ0n) is 26.9. The molecular weight excluding hydrogens is 600 g/mol. The van der Waals surface area contributed by atoms with E-state index in [0.717, 1.165) is 47.7 Å². The molecule has 0 aliphatic heterocycles. The summed E-state index contributed by atoms with van der Waals surface area (Å²) < 4.78 is 17.9. The highest BCUT2D eigenvalue weighted by Gasteiger charge is 2.70. The fourth-order valence-corrected chi connectivity index (χ4v) is 10.3. The summed E-state index contributed by atoms with van der Waals surface area (Å²) in [5.41, 5.74) is 2.25. The highest BCUT2D eigenvalue weighted by atomic mass is 79.9. The smallest absolute Gasteiger partial charge is 0.336 e. The predicted molar refractivity (Wildman–Crippen MR) is 165 cm³/mol. The Bertz CT molecular complexity index is 1110. The number of hydrogen-bond acceptors (Lipinski definition) is 7. The first kappa shape index (κ1) is 33.7. The third-order valence-corrected chi connectivity index (χ3v) is 13.4. The second kappa shape index (κ2) is 12.6. The number of hydrogen-bond donors (Lipinski definition) is 2. The molecule has 10 atom stereocenters. The van der Waals surface area contributed by atoms with Crippen molar-refractivity contribution < 1.29 is 34.0 Å². The molecule has 0 bridgehead atoms. The van der Waals surface area contributed by atoms with Gasteiger partial charge in [0.05, 0.1) is 18.3 Å². The molecule has 0 radical (unpaired) electrons. The van der Waals surface area contributed by atoms with Gasteiger partial charge in [-0.05, 0) is 122 Å². The summed E-state index contributed by atoms with van der Waals surface area (Å²) in [7, 11) is 0. The van der Waals surface area contributed by atoms with Crippen molar-refractivity contribution in [2.24, 2.45) is 39.9 Å². The van der Waals surface area contributed by atoms with E-state index in [4.69, 9.17) is 14.2 Å². The molecule has 1 unspecified atom stereocenters. The molecule has 7 nitrogen and oxygen atoms in total. The topological polar surface area (TPSA) is 102 Å². The lowest BCUT2D eigenvalue weighted by Crippen LogP contribution is -2.65. The van der Waals surface area contributed by atoms with Crippen molar-refractivity contribution in [2.45, 2.75) is 125 Å². The molecular formula is C34H53BrO7. The van der Waals surface area contributed by atoms with Gasteiger partial charge in [0.2, 0.25) is 6.79 Å². The normalized spacial score (nSPS) is 42.1. The van der Waals surface area contributed by atoms with Crippen molar-refractivity contribution in [2.75, 3.05) is 13.4 Å². The lowest BCUT2D eigenvalue weighted by atomic mass is 9.36. The van der Waals surface area contributed by atoms with Crippen LogP contribution in [0.2, 0.25) is 0 Å². The van der Waals surface area contributed by atoms with E-state index in [2.05, 4.69) is 43.6 Å². The lowest BCUT2D eigenvalue weighted by Gasteiger charge is -2.69. The van der Waals surface area contributed by atoms with E-state index in [1.54, 1.807) is 0 Å². The zero-order chi connectivity index (χ0) is 31.2. The van der Waals surface area contributed by atoms with Crippen molar-refractivity contribution in [1.82, 2.24) is 0 Å². The molecule has 4 saturated carbocycles. The molecule has 0 heterocycles. The number of carbonyl (C=O) groups excluding carboxylic acids is 2. The second-order valence-corrected chi connectivity index (χ2v) is 15.4. The van der Waals surface area contributed by atoms with Gasteiger partial charge in [-0.25, -0.2) is 4.79 Å². The van der Waals surface area contributed by atoms with Gasteiger partial charge in [0.25, 0.3) is 0 Å². The molecule has 4 aliphatic carbocycles. The molecule has 0 saturated heterocycles. The van der Waals surface area contributed by atoms with Gasteiger partial charge in [-0.15, -0.1) is 0 Å². The van der Waals surface area contributed by atoms with Crippen molar-refractivity contribution >= 4 is 27.9 Å². The molecule has 8 heteroatoms. The maximum Gasteiger partial charge on any atom is 0.336 e. The first-order valence-electron chi connectivity index (χ1n) is 15.9. The highest BCUT2D eigenvalue weighted by molar-refractivity contribution is 9.11. The van der Waals surface area contributed by atoms with E-state index in [-0.39, 0.29) is 46.2 Å². The largest absolute Gasteiger partial charge is 0.428 e. The highest BCUT2D eigenvalue weighted by Crippen LogP contribution is 2.74. The first-order chi connectivity index (χ1) is 19.6. The minimum absolute atomic E-state index is 0.0428. The molecule has 4 aliphatic rings. The summed E-state index contributed by atoms with van der Waals surface area (Å²) in [5.74, 6) is -0.343. The number of aliphatic hydroxyl groups is 2. The van der Waals surface area contributed by atoms with E-state index >= 15 is 0 Å². The molecule has 4 fully saturated rings. The third kappa shape index (κ3) is 5.67. The Morgan fingerprint density at radius 3 is 2.29 bits per heavy atom. The minimum atomic E-state index is -0.526. The fraction of sp³-hybridized carbons (Fsp3) is 0.824. The van der Waals surface area contributed by atoms with Crippen LogP contribution in [0.5, 0.6) is 0 Å². The Labute approximate surface area is 260 Å². The van der Waals surface area contributed by atoms with E-state index in [1.165, 1.54) is 6.92 Å². The molecule has 0 spiro atoms. The van der Waals surface area contributed by atoms with Crippen molar-refractivity contribution in [3.8, 4) is 0 Å². The summed E-state index contributed by atoms with van der Waals surface area (Å²) in [6, 6.07) is 0. The molecule has 0 amide bonds. The van der Waals surface area contributed by atoms with Gasteiger partial charge >= 0.3 is 11.9 Å². The molecule has 0 aromatic carbocycles. The summed E-state index contributed by atoms with van der Waals surface area (Å²) in [4.78, 5) is 25.1. The summed E-state index contributed by atoms with van der Waals surface area (Å²) in [5, 5.41) is 22.9. The number of allylic oxidation sites excluding steroid dienone is 2. The molecule has 238 valence electrons. The maximum absolute atomic E-state index is 13.7. The Morgan fingerprint density at radius 2 is 1.67 bits per heavy atom. The zero-order valence-corrected chi connectivity index (χ0v) is 28.5. The van der Waals surface area contributed by atoms with Gasteiger partial charge in [-0.2, -0.15) is 0 Å². The molecule has 2 N–H and O–H groups in total. The number of esters is 2. The summed E-state index contributed by atoms with van der Waals surface area (Å²) >= 11 is 3.68. The third-order valence-electron chi connectivity index (χ3n) is 12.3. The molecule has 42 heavy (non-hydrogen) atoms. The summed E-state index contributed by atoms with van der Waals surface area (Å²) in [6.45, 7) is 16.7. The van der Waals surface area contributed by atoms with E-state index < -0.39 is 24.8 Å². The number of halogens is 1. The van der Waals surface area contributed by atoms with Gasteiger partial charge in [0.1, 0.15) is 0 Å². The Kier molecular flexibility index (Phi) is 10.1. The van der Waals surface area contributed by atoms with Gasteiger partial charge in [0, 0.05) is 19.1 Å². The van der Waals surface area contributed by atoms with Crippen LogP contribution < -0.4 is 0 Å². The average molecular weight is 654 g/mol. The van der Waals surface area contributed by atoms with E-state index in [9.17, 15) is 19.8 Å². The number of fused-ring (bicyclic) bond motifs is 5. The first-order valence-corrected chi connectivity index (χ1v) is 16.7. The van der Waals surface area contributed by atoms with Crippen LogP contribution in [0.1, 0.15) is 107 Å². The predicted octanol–water partition coefficient (Wildman–Crippen LogP) is 6.84. The van der Waals surface area contributed by atoms with E-state index in [1.807, 2.05) is 20.8 Å². The Morgan fingerprint density at radius 1 is 0.976 bits per heavy atom. The fourth-order valence-electron chi connectivity index (χ4n) is 10.1. The van der Waals surface area contributed by atoms with Crippen LogP contribution in [0, 0.1) is 39.9 Å². The van der Waals surface area contributed by atoms with Crippen molar-refractivity contribution in [3.63, 3.8) is 0 Å². The number of aliphatic hydroxyl groups excluding tert-OH is 2. The van der Waals surface area contributed by atoms with Gasteiger partial charge in [-0.3, -0.25) is 4.79 Å². The van der Waals surface area contributed by atoms with Gasteiger partial charge < -0.3 is 24.4 Å². The monoisotopic (exact) mass is 652 g/mol. The Hall–Kier alpha value is -1.22. The molecule has 0 aromatic rings. The van der Waals surface area contributed by atoms with Crippen molar-refractivity contribution in [3.05, 3.63) is 21.2 Å². The average Bonchev–Trinajstić information content (AvgIpc) is 3.18. The van der Waals surface area contributed by atoms with Crippen molar-refractivity contribution in [1.29, 1.82) is 0 Å². The van der Waals surface area contributed by atoms with Crippen LogP contribution in [0.4, 0.5) is 0 Å². The molecule has 4 rings (SSSR count). The lowest BCUT2D eigenvalue weighted by molar-refractivity contribution is -0.234. The SMILES string of the molecule is CCO[C@H]1C[C@@]2(C)[C@@H](C[C@@H](O)C3[C@]2(C)CC[C@H]2[C@H](C)[C@H](O)CC[C@]32C)/C1=C(\CCC(Br)=C(C)C)C(=O)OCOC(C)=O. The van der Waals surface area contributed by atoms with Gasteiger partial charge in [-0.1, -0.05) is 49.2 Å². The van der Waals surface area contributed by atoms with Crippen LogP contribution in [0.3, 0.4) is 0 Å². The van der Waals surface area contributed by atoms with Crippen LogP contribution in [0.15, 0.2) is 21.2 Å². The maximum atomic E-state index is 13.7. The van der Waals surface area contributed by atoms with Crippen LogP contribution in [-0.2, 0) is 23.8 Å². The number of carbonyl (C=O) groups is 2. The number of rotatable bonds is 8. The molecule has 0 aromatic heterocycles. The number of ether oxygens (including phenoxy) is 3. The van der Waals surface area contributed by atoms with Crippen LogP contribution in [0.25, 0.3) is 0 Å². The summed E-state index contributed by atoms with van der Waals surface area (Å²) in [6.07, 6.45) is 5.08. The second-order valence-electron chi connectivity index (χ2n) is 14.5. The minimum Gasteiger partial charge on any atom is -0.428 e. The standard InChI is InChI=1S/C34H53BrO7/c1-9-40-28-17-34(8)24(29(28)22(10-11-25(35)19(2)3)31(39)42-18-41-21(5)36)16-27(38)30-32(6)14-13-26(37)20(4)23(32)12-15-33(30,34)7/h20,23-24,26-28,30,37-38H,9-18H2,1-8H3/b29-22-/t20-,23-,24-,26+,27+,28-,30?,32-,33-,34-/m0/s1. The Balaban J connectivity index is 1.80.